The van der Waals surface area contributed by atoms with Gasteiger partial charge in [0.15, 0.2) is 0 Å². The van der Waals surface area contributed by atoms with Gasteiger partial charge in [0, 0.05) is 50.4 Å². The zero-order chi connectivity index (χ0) is 22.3. The van der Waals surface area contributed by atoms with Gasteiger partial charge < -0.3 is 15.1 Å². The lowest BCUT2D eigenvalue weighted by Crippen LogP contribution is -2.45. The summed E-state index contributed by atoms with van der Waals surface area (Å²) < 4.78 is 0. The first-order valence-electron chi connectivity index (χ1n) is 11.8. The van der Waals surface area contributed by atoms with E-state index in [-0.39, 0.29) is 23.6 Å². The van der Waals surface area contributed by atoms with Crippen molar-refractivity contribution in [3.8, 4) is 0 Å². The number of fused-ring (bicyclic) bond motifs is 1. The molecule has 1 aromatic carbocycles. The van der Waals surface area contributed by atoms with Gasteiger partial charge in [0.25, 0.3) is 5.91 Å². The molecule has 0 atom stereocenters. The fraction of sp³-hybridized carbons (Fsp3) is 0.520. The summed E-state index contributed by atoms with van der Waals surface area (Å²) in [6.45, 7) is 3.03. The third kappa shape index (κ3) is 5.44. The van der Waals surface area contributed by atoms with Crippen LogP contribution in [0.15, 0.2) is 36.4 Å². The van der Waals surface area contributed by atoms with Gasteiger partial charge >= 0.3 is 0 Å². The van der Waals surface area contributed by atoms with Gasteiger partial charge in [-0.2, -0.15) is 0 Å². The van der Waals surface area contributed by atoms with Gasteiger partial charge in [0.2, 0.25) is 11.8 Å². The van der Waals surface area contributed by atoms with E-state index < -0.39 is 0 Å². The summed E-state index contributed by atoms with van der Waals surface area (Å²) in [5, 5.41) is 3.95. The molecule has 2 fully saturated rings. The number of piperidine rings is 1. The first kappa shape index (κ1) is 22.2. The first-order valence-corrected chi connectivity index (χ1v) is 11.8. The number of benzene rings is 1. The Morgan fingerprint density at radius 3 is 2.50 bits per heavy atom. The summed E-state index contributed by atoms with van der Waals surface area (Å²) in [6.07, 6.45) is 5.79. The van der Waals surface area contributed by atoms with Crippen LogP contribution in [0, 0.1) is 5.92 Å². The molecular weight excluding hydrogens is 404 g/mol. The molecule has 3 heterocycles. The van der Waals surface area contributed by atoms with Crippen molar-refractivity contribution in [2.24, 2.45) is 5.92 Å². The number of rotatable bonds is 2. The van der Waals surface area contributed by atoms with Crippen molar-refractivity contribution in [3.63, 3.8) is 0 Å². The van der Waals surface area contributed by atoms with Crippen LogP contribution in [0.5, 0.6) is 0 Å². The Morgan fingerprint density at radius 2 is 1.66 bits per heavy atom. The maximum atomic E-state index is 13.2. The molecule has 170 valence electrons. The minimum absolute atomic E-state index is 0.0213. The second-order valence-electron chi connectivity index (χ2n) is 8.80. The predicted molar refractivity (Wildman–Crippen MR) is 123 cm³/mol. The standard InChI is InChI=1S/C25H32N4O3/c30-23-13-18-28(15-6-2-1-5-14-26-23)24(31)20-11-16-29(17-12-20)25(32)22-10-9-19-7-3-4-8-21(19)27-22/h3-4,7-10,20H,1-2,5-6,11-18H2,(H,26,30). The highest BCUT2D eigenvalue weighted by atomic mass is 16.2. The van der Waals surface area contributed by atoms with E-state index in [4.69, 9.17) is 0 Å². The Hall–Kier alpha value is -2.96. The molecule has 4 rings (SSSR count). The molecule has 1 aromatic heterocycles. The van der Waals surface area contributed by atoms with Gasteiger partial charge in [0.05, 0.1) is 5.52 Å². The van der Waals surface area contributed by atoms with E-state index in [0.717, 1.165) is 43.1 Å². The summed E-state index contributed by atoms with van der Waals surface area (Å²) in [4.78, 5) is 46.3. The third-order valence-corrected chi connectivity index (χ3v) is 6.55. The molecule has 2 aliphatic heterocycles. The summed E-state index contributed by atoms with van der Waals surface area (Å²) in [6, 6.07) is 11.5. The van der Waals surface area contributed by atoms with E-state index in [1.165, 1.54) is 0 Å². The lowest BCUT2D eigenvalue weighted by atomic mass is 9.94. The summed E-state index contributed by atoms with van der Waals surface area (Å²) >= 11 is 0. The highest BCUT2D eigenvalue weighted by Gasteiger charge is 2.31. The predicted octanol–water partition coefficient (Wildman–Crippen LogP) is 3.00. The molecule has 32 heavy (non-hydrogen) atoms. The van der Waals surface area contributed by atoms with Gasteiger partial charge in [-0.25, -0.2) is 4.98 Å². The zero-order valence-corrected chi connectivity index (χ0v) is 18.6. The molecule has 1 N–H and O–H groups in total. The van der Waals surface area contributed by atoms with E-state index in [2.05, 4.69) is 10.3 Å². The molecule has 2 saturated heterocycles. The number of carbonyl (C=O) groups excluding carboxylic acids is 3. The SMILES string of the molecule is O=C1CCN(C(=O)C2CCN(C(=O)c3ccc4ccccc4n3)CC2)CCCCCCN1. The highest BCUT2D eigenvalue weighted by Crippen LogP contribution is 2.22. The molecule has 2 aromatic rings. The van der Waals surface area contributed by atoms with Gasteiger partial charge in [-0.05, 0) is 37.8 Å². The van der Waals surface area contributed by atoms with Crippen LogP contribution in [-0.2, 0) is 9.59 Å². The molecule has 0 bridgehead atoms. The molecule has 0 aliphatic carbocycles. The average molecular weight is 437 g/mol. The number of likely N-dealkylation sites (tertiary alicyclic amines) is 1. The van der Waals surface area contributed by atoms with Gasteiger partial charge in [-0.15, -0.1) is 0 Å². The van der Waals surface area contributed by atoms with E-state index in [0.29, 0.717) is 51.1 Å². The van der Waals surface area contributed by atoms with Crippen LogP contribution in [0.4, 0.5) is 0 Å². The third-order valence-electron chi connectivity index (χ3n) is 6.55. The number of carbonyl (C=O) groups is 3. The van der Waals surface area contributed by atoms with Crippen molar-refractivity contribution in [1.82, 2.24) is 20.1 Å². The molecule has 0 unspecified atom stereocenters. The average Bonchev–Trinajstić information content (AvgIpc) is 2.88. The number of hydrogen-bond acceptors (Lipinski definition) is 4. The smallest absolute Gasteiger partial charge is 0.272 e. The van der Waals surface area contributed by atoms with Crippen molar-refractivity contribution < 1.29 is 14.4 Å². The van der Waals surface area contributed by atoms with Gasteiger partial charge in [0.1, 0.15) is 5.69 Å². The van der Waals surface area contributed by atoms with E-state index in [9.17, 15) is 14.4 Å². The second kappa shape index (κ2) is 10.6. The normalized spacial score (nSPS) is 19.3. The van der Waals surface area contributed by atoms with Crippen LogP contribution in [0.25, 0.3) is 10.9 Å². The fourth-order valence-corrected chi connectivity index (χ4v) is 4.60. The topological polar surface area (TPSA) is 82.6 Å². The number of aromatic nitrogens is 1. The van der Waals surface area contributed by atoms with Crippen LogP contribution >= 0.6 is 0 Å². The molecule has 0 saturated carbocycles. The van der Waals surface area contributed by atoms with Crippen LogP contribution in [0.1, 0.15) is 55.4 Å². The molecule has 0 radical (unpaired) electrons. The van der Waals surface area contributed by atoms with Crippen LogP contribution in [-0.4, -0.2) is 65.2 Å². The zero-order valence-electron chi connectivity index (χ0n) is 18.6. The maximum absolute atomic E-state index is 13.2. The van der Waals surface area contributed by atoms with E-state index in [1.54, 1.807) is 11.0 Å². The number of nitrogens with one attached hydrogen (secondary N) is 1. The Morgan fingerprint density at radius 1 is 0.875 bits per heavy atom. The van der Waals surface area contributed by atoms with E-state index >= 15 is 0 Å². The molecular formula is C25H32N4O3. The number of hydrogen-bond donors (Lipinski definition) is 1. The van der Waals surface area contributed by atoms with Crippen molar-refractivity contribution in [2.75, 3.05) is 32.7 Å². The minimum atomic E-state index is -0.0863. The number of amides is 3. The van der Waals surface area contributed by atoms with Gasteiger partial charge in [-0.3, -0.25) is 14.4 Å². The van der Waals surface area contributed by atoms with Crippen LogP contribution in [0.2, 0.25) is 0 Å². The van der Waals surface area contributed by atoms with Crippen molar-refractivity contribution in [2.45, 2.75) is 44.9 Å². The maximum Gasteiger partial charge on any atom is 0.272 e. The summed E-state index contributed by atoms with van der Waals surface area (Å²) in [7, 11) is 0. The molecule has 0 spiro atoms. The Labute approximate surface area is 189 Å². The number of pyridine rings is 1. The Bertz CT molecular complexity index is 969. The molecule has 7 nitrogen and oxygen atoms in total. The molecule has 2 aliphatic rings. The number of nitrogens with zero attached hydrogens (tertiary/aromatic N) is 3. The highest BCUT2D eigenvalue weighted by molar-refractivity contribution is 5.95. The summed E-state index contributed by atoms with van der Waals surface area (Å²) in [5.74, 6) is -0.00801. The lowest BCUT2D eigenvalue weighted by molar-refractivity contribution is -0.137. The van der Waals surface area contributed by atoms with E-state index in [1.807, 2.05) is 35.2 Å². The summed E-state index contributed by atoms with van der Waals surface area (Å²) in [5.41, 5.74) is 1.26. The van der Waals surface area contributed by atoms with Crippen LogP contribution in [0.3, 0.4) is 0 Å². The molecule has 7 heteroatoms. The molecule has 3 amide bonds. The fourth-order valence-electron chi connectivity index (χ4n) is 4.60. The largest absolute Gasteiger partial charge is 0.356 e. The quantitative estimate of drug-likeness (QED) is 0.785. The van der Waals surface area contributed by atoms with Crippen LogP contribution < -0.4 is 5.32 Å². The minimum Gasteiger partial charge on any atom is -0.356 e. The Balaban J connectivity index is 1.34. The second-order valence-corrected chi connectivity index (χ2v) is 8.80. The Kier molecular flexibility index (Phi) is 7.35. The van der Waals surface area contributed by atoms with Crippen molar-refractivity contribution in [1.29, 1.82) is 0 Å². The van der Waals surface area contributed by atoms with Crippen molar-refractivity contribution >= 4 is 28.6 Å². The van der Waals surface area contributed by atoms with Crippen molar-refractivity contribution in [3.05, 3.63) is 42.1 Å². The monoisotopic (exact) mass is 436 g/mol. The lowest BCUT2D eigenvalue weighted by Gasteiger charge is -2.34. The number of para-hydroxylation sites is 1. The first-order chi connectivity index (χ1) is 15.6. The van der Waals surface area contributed by atoms with Gasteiger partial charge in [-0.1, -0.05) is 37.1 Å².